The summed E-state index contributed by atoms with van der Waals surface area (Å²) in [6, 6.07) is 20.2. The van der Waals surface area contributed by atoms with E-state index in [1.54, 1.807) is 4.90 Å². The summed E-state index contributed by atoms with van der Waals surface area (Å²) in [5.41, 5.74) is 4.62. The third-order valence-electron chi connectivity index (χ3n) is 11.0. The Balaban J connectivity index is 1.13. The molecular weight excluding hydrogens is 697 g/mol. The van der Waals surface area contributed by atoms with Gasteiger partial charge in [0.15, 0.2) is 0 Å². The van der Waals surface area contributed by atoms with Crippen LogP contribution in [0.5, 0.6) is 5.75 Å². The van der Waals surface area contributed by atoms with E-state index < -0.39 is 35.5 Å². The smallest absolute Gasteiger partial charge is 0.411 e. The maximum Gasteiger partial charge on any atom is 0.411 e. The van der Waals surface area contributed by atoms with Gasteiger partial charge in [-0.2, -0.15) is 0 Å². The number of hydrogen-bond donors (Lipinski definition) is 2. The van der Waals surface area contributed by atoms with Gasteiger partial charge in [0.1, 0.15) is 29.0 Å². The molecule has 1 saturated heterocycles. The minimum Gasteiger partial charge on any atom is -0.493 e. The van der Waals surface area contributed by atoms with Crippen LogP contribution in [0.3, 0.4) is 0 Å². The van der Waals surface area contributed by atoms with Crippen LogP contribution in [0.25, 0.3) is 0 Å². The zero-order chi connectivity index (χ0) is 39.1. The molecule has 0 saturated carbocycles. The minimum absolute atomic E-state index is 0.120. The first-order valence-electron chi connectivity index (χ1n) is 19.6. The summed E-state index contributed by atoms with van der Waals surface area (Å²) in [6.45, 7) is 11.9. The van der Waals surface area contributed by atoms with Crippen LogP contribution >= 0.6 is 0 Å². The Kier molecular flexibility index (Phi) is 10.6. The summed E-state index contributed by atoms with van der Waals surface area (Å²) in [7, 11) is 0. The lowest BCUT2D eigenvalue weighted by molar-refractivity contribution is -0.128. The number of nitrogens with zero attached hydrogens (tertiary/aromatic N) is 2. The van der Waals surface area contributed by atoms with E-state index in [9.17, 15) is 19.2 Å². The fraction of sp³-hybridized carbons (Fsp3) is 0.500. The molecule has 292 valence electrons. The number of rotatable bonds is 5. The van der Waals surface area contributed by atoms with Crippen molar-refractivity contribution in [3.05, 3.63) is 100 Å². The number of carbonyl (C=O) groups is 4. The molecule has 1 fully saturated rings. The maximum absolute atomic E-state index is 14.1. The second-order valence-electron chi connectivity index (χ2n) is 17.3. The molecule has 3 aromatic rings. The average Bonchev–Trinajstić information content (AvgIpc) is 3.59. The van der Waals surface area contributed by atoms with Gasteiger partial charge in [-0.1, -0.05) is 60.7 Å². The fourth-order valence-electron chi connectivity index (χ4n) is 8.38. The molecule has 2 N–H and O–H groups in total. The minimum atomic E-state index is -0.782. The van der Waals surface area contributed by atoms with Gasteiger partial charge in [-0.3, -0.25) is 19.4 Å². The van der Waals surface area contributed by atoms with Crippen LogP contribution in [0.4, 0.5) is 9.59 Å². The molecule has 0 radical (unpaired) electrons. The highest BCUT2D eigenvalue weighted by Crippen LogP contribution is 2.38. The largest absolute Gasteiger partial charge is 0.493 e. The predicted molar refractivity (Wildman–Crippen MR) is 207 cm³/mol. The Morgan fingerprint density at radius 3 is 2.07 bits per heavy atom. The SMILES string of the molecule is CC(C)(C)OC(=O)N1Cc2cc(C3C[C@@H](C(=O)N[C@@H]4CCCc5ccccc54)N(C(=O)OC(C)(C)C)C3)ccc2CC1C(=O)NC1CCOc2ccccc21. The van der Waals surface area contributed by atoms with E-state index in [4.69, 9.17) is 14.2 Å². The number of aryl methyl sites for hydroxylation is 1. The van der Waals surface area contributed by atoms with E-state index in [0.717, 1.165) is 52.8 Å². The topological polar surface area (TPSA) is 127 Å². The molecule has 0 spiro atoms. The highest BCUT2D eigenvalue weighted by Gasteiger charge is 2.44. The van der Waals surface area contributed by atoms with Crippen molar-refractivity contribution in [2.24, 2.45) is 0 Å². The Morgan fingerprint density at radius 2 is 1.35 bits per heavy atom. The highest BCUT2D eigenvalue weighted by molar-refractivity contribution is 5.88. The normalized spacial score (nSPS) is 23.3. The molecule has 0 bridgehead atoms. The van der Waals surface area contributed by atoms with Crippen molar-refractivity contribution >= 4 is 24.0 Å². The van der Waals surface area contributed by atoms with Gasteiger partial charge in [0.2, 0.25) is 11.8 Å². The van der Waals surface area contributed by atoms with E-state index in [1.807, 2.05) is 90.1 Å². The molecule has 3 unspecified atom stereocenters. The fourth-order valence-corrected chi connectivity index (χ4v) is 8.38. The maximum atomic E-state index is 14.1. The number of para-hydroxylation sites is 1. The molecule has 3 heterocycles. The number of carbonyl (C=O) groups excluding carboxylic acids is 4. The van der Waals surface area contributed by atoms with Gasteiger partial charge in [-0.15, -0.1) is 0 Å². The van der Waals surface area contributed by atoms with Crippen molar-refractivity contribution in [1.29, 1.82) is 0 Å². The predicted octanol–water partition coefficient (Wildman–Crippen LogP) is 7.28. The van der Waals surface area contributed by atoms with Crippen molar-refractivity contribution in [2.45, 2.75) is 128 Å². The third kappa shape index (κ3) is 8.61. The molecule has 0 aromatic heterocycles. The van der Waals surface area contributed by atoms with E-state index >= 15 is 0 Å². The van der Waals surface area contributed by atoms with Crippen LogP contribution < -0.4 is 15.4 Å². The van der Waals surface area contributed by atoms with Crippen LogP contribution in [0.15, 0.2) is 66.7 Å². The van der Waals surface area contributed by atoms with Gasteiger partial charge in [-0.25, -0.2) is 9.59 Å². The van der Waals surface area contributed by atoms with E-state index in [0.29, 0.717) is 32.4 Å². The number of amides is 4. The first kappa shape index (κ1) is 38.2. The molecule has 11 heteroatoms. The lowest BCUT2D eigenvalue weighted by Gasteiger charge is -2.38. The van der Waals surface area contributed by atoms with Crippen molar-refractivity contribution in [3.63, 3.8) is 0 Å². The molecule has 7 rings (SSSR count). The molecule has 55 heavy (non-hydrogen) atoms. The second-order valence-corrected chi connectivity index (χ2v) is 17.3. The molecule has 4 amide bonds. The first-order chi connectivity index (χ1) is 26.1. The Morgan fingerprint density at radius 1 is 0.709 bits per heavy atom. The number of hydrogen-bond acceptors (Lipinski definition) is 7. The average molecular weight is 751 g/mol. The van der Waals surface area contributed by atoms with Gasteiger partial charge in [0.25, 0.3) is 0 Å². The lowest BCUT2D eigenvalue weighted by Crippen LogP contribution is -2.54. The zero-order valence-corrected chi connectivity index (χ0v) is 32.9. The van der Waals surface area contributed by atoms with Crippen molar-refractivity contribution in [2.75, 3.05) is 13.2 Å². The van der Waals surface area contributed by atoms with Gasteiger partial charge >= 0.3 is 12.2 Å². The Hall–Kier alpha value is -5.06. The summed E-state index contributed by atoms with van der Waals surface area (Å²) < 4.78 is 17.5. The molecule has 3 aliphatic heterocycles. The van der Waals surface area contributed by atoms with E-state index in [-0.39, 0.29) is 36.4 Å². The summed E-state index contributed by atoms with van der Waals surface area (Å²) in [5, 5.41) is 6.49. The molecule has 5 atom stereocenters. The molecule has 11 nitrogen and oxygen atoms in total. The van der Waals surface area contributed by atoms with Gasteiger partial charge in [0, 0.05) is 30.9 Å². The quantitative estimate of drug-likeness (QED) is 0.281. The number of benzene rings is 3. The molecule has 3 aromatic carbocycles. The van der Waals surface area contributed by atoms with Crippen LogP contribution in [0, 0.1) is 0 Å². The van der Waals surface area contributed by atoms with E-state index in [1.165, 1.54) is 10.5 Å². The van der Waals surface area contributed by atoms with Crippen molar-refractivity contribution in [1.82, 2.24) is 20.4 Å². The Labute approximate surface area is 324 Å². The lowest BCUT2D eigenvalue weighted by atomic mass is 9.87. The third-order valence-corrected chi connectivity index (χ3v) is 11.0. The highest BCUT2D eigenvalue weighted by atomic mass is 16.6. The number of likely N-dealkylation sites (tertiary alicyclic amines) is 1. The molecular formula is C44H54N4O7. The van der Waals surface area contributed by atoms with Gasteiger partial charge < -0.3 is 24.8 Å². The number of nitrogens with one attached hydrogen (secondary N) is 2. The van der Waals surface area contributed by atoms with Crippen LogP contribution in [0.1, 0.15) is 119 Å². The van der Waals surface area contributed by atoms with Gasteiger partial charge in [0.05, 0.1) is 25.2 Å². The summed E-state index contributed by atoms with van der Waals surface area (Å²) in [4.78, 5) is 58.7. The Bertz CT molecular complexity index is 1950. The van der Waals surface area contributed by atoms with Crippen LogP contribution in [-0.4, -0.2) is 70.2 Å². The summed E-state index contributed by atoms with van der Waals surface area (Å²) in [6.07, 6.45) is 3.08. The standard InChI is InChI=1S/C44H54N4O7/c1-43(2,3)54-41(51)47-25-30-22-28(18-19-29(30)23-36(47)39(49)46-35-20-21-53-38-17-10-9-15-33(35)38)31-24-37(48(26-31)42(52)55-44(4,5)6)40(50)45-34-16-11-13-27-12-7-8-14-32(27)34/h7-10,12,14-15,17-19,22,31,34-37H,11,13,16,20-21,23-26H2,1-6H3,(H,45,50)(H,46,49)/t31?,34-,35?,36?,37+/m1/s1. The van der Waals surface area contributed by atoms with Crippen LogP contribution in [0.2, 0.25) is 0 Å². The molecule has 1 aliphatic carbocycles. The second kappa shape index (κ2) is 15.2. The monoisotopic (exact) mass is 750 g/mol. The first-order valence-corrected chi connectivity index (χ1v) is 19.6. The van der Waals surface area contributed by atoms with Crippen molar-refractivity contribution in [3.8, 4) is 5.75 Å². The van der Waals surface area contributed by atoms with Crippen molar-refractivity contribution < 1.29 is 33.4 Å². The molecule has 4 aliphatic rings. The van der Waals surface area contributed by atoms with E-state index in [2.05, 4.69) is 28.8 Å². The van der Waals surface area contributed by atoms with Crippen LogP contribution in [-0.2, 0) is 38.4 Å². The summed E-state index contributed by atoms with van der Waals surface area (Å²) in [5.74, 6) is 0.156. The number of ether oxygens (including phenoxy) is 3. The number of fused-ring (bicyclic) bond motifs is 3. The zero-order valence-electron chi connectivity index (χ0n) is 32.9. The summed E-state index contributed by atoms with van der Waals surface area (Å²) >= 11 is 0. The van der Waals surface area contributed by atoms with Gasteiger partial charge in [-0.05, 0) is 101 Å².